The number of nitrogens with zero attached hydrogens (tertiary/aromatic N) is 2. The third-order valence-electron chi connectivity index (χ3n) is 5.09. The van der Waals surface area contributed by atoms with Gasteiger partial charge in [-0.1, -0.05) is 0 Å². The van der Waals surface area contributed by atoms with Gasteiger partial charge in [0.15, 0.2) is 0 Å². The first-order valence-corrected chi connectivity index (χ1v) is 10.00. The third kappa shape index (κ3) is 4.73. The van der Waals surface area contributed by atoms with E-state index in [2.05, 4.69) is 0 Å². The Kier molecular flexibility index (Phi) is 5.56. The lowest BCUT2D eigenvalue weighted by molar-refractivity contribution is -0.119. The molecule has 28 heavy (non-hydrogen) atoms. The molecule has 0 spiro atoms. The fourth-order valence-electron chi connectivity index (χ4n) is 4.34. The summed E-state index contributed by atoms with van der Waals surface area (Å²) in [6.45, 7) is 14.2. The lowest BCUT2D eigenvalue weighted by Crippen LogP contribution is -2.54. The third-order valence-corrected chi connectivity index (χ3v) is 5.09. The largest absolute Gasteiger partial charge is 0.369 e. The van der Waals surface area contributed by atoms with Gasteiger partial charge in [-0.15, -0.1) is 0 Å². The van der Waals surface area contributed by atoms with Crippen molar-refractivity contribution in [2.75, 3.05) is 26.2 Å². The molecule has 2 saturated heterocycles. The number of rotatable bonds is 2. The summed E-state index contributed by atoms with van der Waals surface area (Å²) in [7, 11) is 0. The van der Waals surface area contributed by atoms with Gasteiger partial charge in [-0.25, -0.2) is 0 Å². The highest BCUT2D eigenvalue weighted by Gasteiger charge is 2.35. The van der Waals surface area contributed by atoms with Crippen LogP contribution < -0.4 is 0 Å². The summed E-state index contributed by atoms with van der Waals surface area (Å²) in [6.07, 6.45) is 0.000399. The number of morpholine rings is 2. The van der Waals surface area contributed by atoms with Crippen LogP contribution in [0.1, 0.15) is 62.3 Å². The van der Waals surface area contributed by atoms with Crippen molar-refractivity contribution >= 4 is 11.8 Å². The molecule has 154 valence electrons. The highest BCUT2D eigenvalue weighted by Crippen LogP contribution is 2.24. The molecule has 2 aliphatic heterocycles. The zero-order valence-electron chi connectivity index (χ0n) is 17.8. The molecule has 6 nitrogen and oxygen atoms in total. The molecule has 0 saturated carbocycles. The number of hydrogen-bond acceptors (Lipinski definition) is 4. The van der Waals surface area contributed by atoms with Gasteiger partial charge in [0, 0.05) is 37.3 Å². The van der Waals surface area contributed by atoms with Gasteiger partial charge in [0.2, 0.25) is 0 Å². The fraction of sp³-hybridized carbons (Fsp3) is 0.636. The summed E-state index contributed by atoms with van der Waals surface area (Å²) in [4.78, 5) is 29.5. The standard InChI is InChI=1S/C22H32N2O4/c1-15-11-23(13-21(3,4)27-15)19(25)17-7-9-18(10-8-17)20(26)24-12-16(2)28-22(5,6)14-24/h7-10,15-16H,11-14H2,1-6H3. The van der Waals surface area contributed by atoms with E-state index in [0.29, 0.717) is 37.3 Å². The lowest BCUT2D eigenvalue weighted by Gasteiger charge is -2.42. The summed E-state index contributed by atoms with van der Waals surface area (Å²) in [5, 5.41) is 0. The van der Waals surface area contributed by atoms with Crippen molar-refractivity contribution in [2.24, 2.45) is 0 Å². The molecular formula is C22H32N2O4. The first-order valence-electron chi connectivity index (χ1n) is 10.00. The molecule has 2 atom stereocenters. The number of hydrogen-bond donors (Lipinski definition) is 0. The molecule has 0 aromatic heterocycles. The zero-order chi connectivity index (χ0) is 20.7. The Labute approximate surface area is 167 Å². The molecule has 0 aliphatic carbocycles. The van der Waals surface area contributed by atoms with Gasteiger partial charge in [-0.2, -0.15) is 0 Å². The summed E-state index contributed by atoms with van der Waals surface area (Å²) in [6, 6.07) is 6.99. The van der Waals surface area contributed by atoms with E-state index in [-0.39, 0.29) is 35.2 Å². The monoisotopic (exact) mass is 388 g/mol. The first-order chi connectivity index (χ1) is 13.0. The quantitative estimate of drug-likeness (QED) is 0.782. The summed E-state index contributed by atoms with van der Waals surface area (Å²) in [5.74, 6) is -0.0493. The van der Waals surface area contributed by atoms with Crippen LogP contribution in [0.4, 0.5) is 0 Å². The lowest BCUT2D eigenvalue weighted by atomic mass is 10.0. The van der Waals surface area contributed by atoms with Crippen molar-refractivity contribution in [1.29, 1.82) is 0 Å². The molecule has 0 radical (unpaired) electrons. The second kappa shape index (κ2) is 7.48. The Hall–Kier alpha value is -1.92. The van der Waals surface area contributed by atoms with Crippen molar-refractivity contribution in [3.05, 3.63) is 35.4 Å². The van der Waals surface area contributed by atoms with E-state index in [0.717, 1.165) is 0 Å². The average molecular weight is 389 g/mol. The van der Waals surface area contributed by atoms with Crippen molar-refractivity contribution in [3.8, 4) is 0 Å². The highest BCUT2D eigenvalue weighted by atomic mass is 16.5. The molecule has 3 rings (SSSR count). The van der Waals surface area contributed by atoms with Crippen LogP contribution >= 0.6 is 0 Å². The number of carbonyl (C=O) groups is 2. The van der Waals surface area contributed by atoms with Crippen LogP contribution in [0.25, 0.3) is 0 Å². The predicted molar refractivity (Wildman–Crippen MR) is 108 cm³/mol. The second-order valence-electron chi connectivity index (χ2n) is 9.33. The van der Waals surface area contributed by atoms with Crippen LogP contribution in [0.2, 0.25) is 0 Å². The van der Waals surface area contributed by atoms with E-state index in [4.69, 9.17) is 9.47 Å². The Morgan fingerprint density at radius 1 is 0.786 bits per heavy atom. The van der Waals surface area contributed by atoms with E-state index < -0.39 is 0 Å². The molecule has 2 fully saturated rings. The molecule has 2 aliphatic rings. The van der Waals surface area contributed by atoms with Crippen molar-refractivity contribution in [1.82, 2.24) is 9.80 Å². The van der Waals surface area contributed by atoms with Crippen molar-refractivity contribution in [2.45, 2.75) is 65.0 Å². The molecule has 0 N–H and O–H groups in total. The Morgan fingerprint density at radius 2 is 1.11 bits per heavy atom. The van der Waals surface area contributed by atoms with E-state index >= 15 is 0 Å². The Bertz CT molecular complexity index is 678. The maximum Gasteiger partial charge on any atom is 0.254 e. The van der Waals surface area contributed by atoms with E-state index in [1.54, 1.807) is 24.3 Å². The first kappa shape index (κ1) is 20.8. The SMILES string of the molecule is CC1CN(C(=O)c2ccc(C(=O)N3CC(C)OC(C)(C)C3)cc2)CC(C)(C)O1. The summed E-state index contributed by atoms with van der Waals surface area (Å²) >= 11 is 0. The fourth-order valence-corrected chi connectivity index (χ4v) is 4.34. The topological polar surface area (TPSA) is 59.1 Å². The highest BCUT2D eigenvalue weighted by molar-refractivity contribution is 5.98. The number of amides is 2. The molecular weight excluding hydrogens is 356 g/mol. The molecule has 0 bridgehead atoms. The molecule has 2 heterocycles. The number of benzene rings is 1. The minimum Gasteiger partial charge on any atom is -0.369 e. The van der Waals surface area contributed by atoms with E-state index in [9.17, 15) is 9.59 Å². The summed E-state index contributed by atoms with van der Waals surface area (Å²) < 4.78 is 11.8. The maximum atomic E-state index is 12.9. The molecule has 1 aromatic rings. The minimum absolute atomic E-state index is 0.000199. The van der Waals surface area contributed by atoms with Gasteiger partial charge in [-0.05, 0) is 65.8 Å². The van der Waals surface area contributed by atoms with Gasteiger partial charge < -0.3 is 19.3 Å². The number of carbonyl (C=O) groups excluding carboxylic acids is 2. The van der Waals surface area contributed by atoms with Gasteiger partial charge in [0.1, 0.15) is 0 Å². The van der Waals surface area contributed by atoms with Crippen molar-refractivity contribution < 1.29 is 19.1 Å². The van der Waals surface area contributed by atoms with Gasteiger partial charge >= 0.3 is 0 Å². The Balaban J connectivity index is 1.71. The average Bonchev–Trinajstić information content (AvgIpc) is 2.57. The molecule has 1 aromatic carbocycles. The van der Waals surface area contributed by atoms with Crippen LogP contribution in [0.5, 0.6) is 0 Å². The maximum absolute atomic E-state index is 12.9. The van der Waals surface area contributed by atoms with Crippen LogP contribution in [0.15, 0.2) is 24.3 Å². The second-order valence-corrected chi connectivity index (χ2v) is 9.33. The van der Waals surface area contributed by atoms with Crippen LogP contribution in [0, 0.1) is 0 Å². The van der Waals surface area contributed by atoms with E-state index in [1.165, 1.54) is 0 Å². The smallest absolute Gasteiger partial charge is 0.254 e. The number of ether oxygens (including phenoxy) is 2. The van der Waals surface area contributed by atoms with Crippen LogP contribution in [-0.2, 0) is 9.47 Å². The molecule has 2 amide bonds. The zero-order valence-corrected chi connectivity index (χ0v) is 17.8. The molecule has 6 heteroatoms. The minimum atomic E-state index is -0.358. The van der Waals surface area contributed by atoms with Gasteiger partial charge in [-0.3, -0.25) is 9.59 Å². The summed E-state index contributed by atoms with van der Waals surface area (Å²) in [5.41, 5.74) is 0.473. The Morgan fingerprint density at radius 3 is 1.39 bits per heavy atom. The predicted octanol–water partition coefficient (Wildman–Crippen LogP) is 2.97. The van der Waals surface area contributed by atoms with E-state index in [1.807, 2.05) is 51.3 Å². The van der Waals surface area contributed by atoms with Gasteiger partial charge in [0.25, 0.3) is 11.8 Å². The van der Waals surface area contributed by atoms with Crippen LogP contribution in [0.3, 0.4) is 0 Å². The normalized spacial score (nSPS) is 26.8. The molecule has 2 unspecified atom stereocenters. The van der Waals surface area contributed by atoms with Crippen LogP contribution in [-0.4, -0.2) is 71.2 Å². The van der Waals surface area contributed by atoms with Gasteiger partial charge in [0.05, 0.1) is 23.4 Å². The van der Waals surface area contributed by atoms with Crippen molar-refractivity contribution in [3.63, 3.8) is 0 Å².